The lowest BCUT2D eigenvalue weighted by Gasteiger charge is -2.13. The highest BCUT2D eigenvalue weighted by Gasteiger charge is 2.24. The highest BCUT2D eigenvalue weighted by atomic mass is 35.5. The zero-order chi connectivity index (χ0) is 28.9. The van der Waals surface area contributed by atoms with Gasteiger partial charge >= 0.3 is 5.97 Å². The Morgan fingerprint density at radius 3 is 2.44 bits per heavy atom. The SMILES string of the molecule is CC(C)(C#Cc1cc(Cl)c(NC(=O)COc2ccc(Cl)cc2C(=O)c2cc(Cl)cc(C#N)c2)cc1F)C(=O)O. The maximum atomic E-state index is 14.6. The summed E-state index contributed by atoms with van der Waals surface area (Å²) in [6.45, 7) is 2.16. The molecule has 0 saturated heterocycles. The summed E-state index contributed by atoms with van der Waals surface area (Å²) < 4.78 is 20.1. The van der Waals surface area contributed by atoms with Crippen molar-refractivity contribution >= 4 is 58.1 Å². The molecule has 0 spiro atoms. The third-order valence-corrected chi connectivity index (χ3v) is 5.98. The largest absolute Gasteiger partial charge is 0.483 e. The molecular formula is C28H18Cl3FN2O5. The molecule has 11 heteroatoms. The van der Waals surface area contributed by atoms with Crippen LogP contribution in [0.5, 0.6) is 5.75 Å². The van der Waals surface area contributed by atoms with Gasteiger partial charge in [0.05, 0.1) is 33.5 Å². The molecular weight excluding hydrogens is 570 g/mol. The summed E-state index contributed by atoms with van der Waals surface area (Å²) in [4.78, 5) is 36.9. The van der Waals surface area contributed by atoms with Crippen LogP contribution in [0.4, 0.5) is 10.1 Å². The number of halogens is 4. The zero-order valence-corrected chi connectivity index (χ0v) is 22.6. The van der Waals surface area contributed by atoms with E-state index in [2.05, 4.69) is 17.2 Å². The predicted octanol–water partition coefficient (Wildman–Crippen LogP) is 6.37. The minimum Gasteiger partial charge on any atom is -0.483 e. The molecule has 0 aromatic heterocycles. The van der Waals surface area contributed by atoms with Gasteiger partial charge in [0.25, 0.3) is 5.91 Å². The monoisotopic (exact) mass is 586 g/mol. The molecule has 7 nitrogen and oxygen atoms in total. The number of carboxylic acid groups (broad SMARTS) is 1. The molecule has 0 fully saturated rings. The number of ketones is 1. The number of anilines is 1. The molecule has 39 heavy (non-hydrogen) atoms. The second-order valence-electron chi connectivity index (χ2n) is 8.64. The van der Waals surface area contributed by atoms with Crippen LogP contribution in [0.2, 0.25) is 15.1 Å². The lowest BCUT2D eigenvalue weighted by molar-refractivity contribution is -0.143. The summed E-state index contributed by atoms with van der Waals surface area (Å²) in [7, 11) is 0. The Morgan fingerprint density at radius 1 is 1.05 bits per heavy atom. The Labute approximate surface area is 238 Å². The van der Waals surface area contributed by atoms with Gasteiger partial charge in [0.2, 0.25) is 0 Å². The van der Waals surface area contributed by atoms with E-state index in [1.807, 2.05) is 6.07 Å². The second kappa shape index (κ2) is 12.2. The molecule has 0 aliphatic carbocycles. The Kier molecular flexibility index (Phi) is 9.21. The number of ether oxygens (including phenoxy) is 1. The summed E-state index contributed by atoms with van der Waals surface area (Å²) in [6, 6.07) is 12.4. The van der Waals surface area contributed by atoms with E-state index in [4.69, 9.17) is 49.9 Å². The van der Waals surface area contributed by atoms with E-state index in [0.29, 0.717) is 0 Å². The van der Waals surface area contributed by atoms with E-state index in [0.717, 1.165) is 12.1 Å². The van der Waals surface area contributed by atoms with Gasteiger partial charge in [-0.25, -0.2) is 4.39 Å². The van der Waals surface area contributed by atoms with Crippen LogP contribution >= 0.6 is 34.8 Å². The van der Waals surface area contributed by atoms with Crippen molar-refractivity contribution in [3.8, 4) is 23.7 Å². The van der Waals surface area contributed by atoms with Crippen molar-refractivity contribution < 1.29 is 28.6 Å². The number of amides is 1. The number of benzene rings is 3. The lowest BCUT2D eigenvalue weighted by atomic mass is 9.94. The van der Waals surface area contributed by atoms with Crippen molar-refractivity contribution in [1.29, 1.82) is 5.26 Å². The van der Waals surface area contributed by atoms with Crippen LogP contribution in [0, 0.1) is 34.4 Å². The Hall–Kier alpha value is -4.08. The van der Waals surface area contributed by atoms with Gasteiger partial charge < -0.3 is 15.2 Å². The fraction of sp³-hybridized carbons (Fsp3) is 0.143. The highest BCUT2D eigenvalue weighted by molar-refractivity contribution is 6.34. The van der Waals surface area contributed by atoms with Crippen LogP contribution in [0.3, 0.4) is 0 Å². The van der Waals surface area contributed by atoms with Crippen molar-refractivity contribution in [3.05, 3.63) is 91.7 Å². The Balaban J connectivity index is 1.77. The summed E-state index contributed by atoms with van der Waals surface area (Å²) in [6.07, 6.45) is 0. The van der Waals surface area contributed by atoms with Gasteiger partial charge in [0.15, 0.2) is 12.4 Å². The maximum absolute atomic E-state index is 14.6. The van der Waals surface area contributed by atoms with Crippen LogP contribution in [-0.2, 0) is 9.59 Å². The number of carboxylic acids is 1. The molecule has 0 aliphatic rings. The molecule has 0 bridgehead atoms. The first-order chi connectivity index (χ1) is 18.3. The smallest absolute Gasteiger partial charge is 0.321 e. The number of nitriles is 1. The fourth-order valence-corrected chi connectivity index (χ4v) is 3.71. The maximum Gasteiger partial charge on any atom is 0.321 e. The van der Waals surface area contributed by atoms with Crippen LogP contribution in [-0.4, -0.2) is 29.4 Å². The molecule has 1 amide bonds. The Bertz CT molecular complexity index is 1600. The minimum atomic E-state index is -1.41. The summed E-state index contributed by atoms with van der Waals surface area (Å²) in [5.41, 5.74) is -1.29. The van der Waals surface area contributed by atoms with E-state index in [1.54, 1.807) is 0 Å². The first-order valence-corrected chi connectivity index (χ1v) is 12.2. The minimum absolute atomic E-state index is 0.0257. The highest BCUT2D eigenvalue weighted by Crippen LogP contribution is 2.28. The molecule has 2 N–H and O–H groups in total. The number of carbonyl (C=O) groups excluding carboxylic acids is 2. The summed E-state index contributed by atoms with van der Waals surface area (Å²) >= 11 is 18.2. The van der Waals surface area contributed by atoms with Crippen molar-refractivity contribution in [1.82, 2.24) is 0 Å². The van der Waals surface area contributed by atoms with Gasteiger partial charge in [-0.05, 0) is 56.3 Å². The number of aliphatic carboxylic acids is 1. The van der Waals surface area contributed by atoms with Crippen LogP contribution in [0.15, 0.2) is 48.5 Å². The number of hydrogen-bond acceptors (Lipinski definition) is 5. The van der Waals surface area contributed by atoms with Crippen molar-refractivity contribution in [3.63, 3.8) is 0 Å². The second-order valence-corrected chi connectivity index (χ2v) is 9.92. The average molecular weight is 588 g/mol. The molecule has 0 saturated carbocycles. The summed E-state index contributed by atoms with van der Waals surface area (Å²) in [5.74, 6) is 1.69. The first kappa shape index (κ1) is 29.5. The van der Waals surface area contributed by atoms with Gasteiger partial charge in [0, 0.05) is 21.7 Å². The lowest BCUT2D eigenvalue weighted by Crippen LogP contribution is -2.21. The molecule has 0 aliphatic heterocycles. The van der Waals surface area contributed by atoms with Crippen LogP contribution in [0.25, 0.3) is 0 Å². The van der Waals surface area contributed by atoms with E-state index in [1.165, 1.54) is 50.2 Å². The van der Waals surface area contributed by atoms with Gasteiger partial charge in [-0.15, -0.1) is 0 Å². The first-order valence-electron chi connectivity index (χ1n) is 11.0. The molecule has 3 rings (SSSR count). The van der Waals surface area contributed by atoms with Gasteiger partial charge in [-0.1, -0.05) is 46.6 Å². The molecule has 0 heterocycles. The fourth-order valence-electron chi connectivity index (χ4n) is 3.09. The van der Waals surface area contributed by atoms with Gasteiger partial charge in [-0.2, -0.15) is 5.26 Å². The third kappa shape index (κ3) is 7.49. The van der Waals surface area contributed by atoms with E-state index < -0.39 is 35.5 Å². The predicted molar refractivity (Wildman–Crippen MR) is 145 cm³/mol. The van der Waals surface area contributed by atoms with Gasteiger partial charge in [-0.3, -0.25) is 14.4 Å². The van der Waals surface area contributed by atoms with Crippen LogP contribution < -0.4 is 10.1 Å². The molecule has 0 unspecified atom stereocenters. The Morgan fingerprint density at radius 2 is 1.77 bits per heavy atom. The molecule has 0 atom stereocenters. The normalized spacial score (nSPS) is 10.6. The zero-order valence-electron chi connectivity index (χ0n) is 20.4. The molecule has 3 aromatic carbocycles. The quantitative estimate of drug-likeness (QED) is 0.245. The number of nitrogens with one attached hydrogen (secondary N) is 1. The van der Waals surface area contributed by atoms with E-state index >= 15 is 0 Å². The standard InChI is InChI=1S/C28H18Cl3FN2O5/c1-28(2,27(37)38)6-5-16-10-21(31)23(12-22(16)32)34-25(35)14-39-24-4-3-18(29)11-20(24)26(36)17-7-15(13-33)8-19(30)9-17/h3-4,7-12H,14H2,1-2H3,(H,34,35)(H,37,38). The average Bonchev–Trinajstić information content (AvgIpc) is 2.88. The van der Waals surface area contributed by atoms with Crippen LogP contribution in [0.1, 0.15) is 40.9 Å². The third-order valence-electron chi connectivity index (χ3n) is 5.21. The number of rotatable bonds is 7. The molecule has 0 radical (unpaired) electrons. The molecule has 3 aromatic rings. The number of nitrogens with zero attached hydrogens (tertiary/aromatic N) is 1. The van der Waals surface area contributed by atoms with E-state index in [-0.39, 0.29) is 48.8 Å². The van der Waals surface area contributed by atoms with Crippen molar-refractivity contribution in [2.75, 3.05) is 11.9 Å². The summed E-state index contributed by atoms with van der Waals surface area (Å²) in [5, 5.41) is 21.1. The van der Waals surface area contributed by atoms with Crippen molar-refractivity contribution in [2.24, 2.45) is 5.41 Å². The topological polar surface area (TPSA) is 116 Å². The number of carbonyl (C=O) groups is 3. The van der Waals surface area contributed by atoms with Gasteiger partial charge in [0.1, 0.15) is 17.0 Å². The number of hydrogen-bond donors (Lipinski definition) is 2. The molecule has 198 valence electrons. The van der Waals surface area contributed by atoms with Crippen molar-refractivity contribution in [2.45, 2.75) is 13.8 Å². The van der Waals surface area contributed by atoms with E-state index in [9.17, 15) is 18.8 Å².